The van der Waals surface area contributed by atoms with Crippen molar-refractivity contribution in [3.8, 4) is 11.5 Å². The van der Waals surface area contributed by atoms with Gasteiger partial charge in [-0.25, -0.2) is 9.97 Å². The molecule has 0 amide bonds. The van der Waals surface area contributed by atoms with Crippen LogP contribution >= 0.6 is 0 Å². The Morgan fingerprint density at radius 2 is 1.75 bits per heavy atom. The summed E-state index contributed by atoms with van der Waals surface area (Å²) in [7, 11) is 1.66. The number of benzene rings is 1. The summed E-state index contributed by atoms with van der Waals surface area (Å²) in [4.78, 5) is 13.5. The van der Waals surface area contributed by atoms with Gasteiger partial charge in [0.1, 0.15) is 18.1 Å². The molecular formula is C18H24N4O2. The second-order valence-electron chi connectivity index (χ2n) is 5.92. The summed E-state index contributed by atoms with van der Waals surface area (Å²) in [5.41, 5.74) is 1.09. The highest BCUT2D eigenvalue weighted by molar-refractivity contribution is 5.33. The van der Waals surface area contributed by atoms with E-state index in [4.69, 9.17) is 9.47 Å². The van der Waals surface area contributed by atoms with Gasteiger partial charge in [-0.3, -0.25) is 4.90 Å². The molecule has 1 aliphatic rings. The number of hydrogen-bond acceptors (Lipinski definition) is 6. The summed E-state index contributed by atoms with van der Waals surface area (Å²) in [6.45, 7) is 7.49. The van der Waals surface area contributed by atoms with Crippen LogP contribution in [0.3, 0.4) is 0 Å². The molecule has 0 spiro atoms. The molecule has 0 unspecified atom stereocenters. The fourth-order valence-corrected chi connectivity index (χ4v) is 2.70. The van der Waals surface area contributed by atoms with Gasteiger partial charge in [0, 0.05) is 51.2 Å². The number of methoxy groups -OCH3 is 1. The summed E-state index contributed by atoms with van der Waals surface area (Å²) in [6, 6.07) is 7.72. The number of nitrogens with zero attached hydrogens (tertiary/aromatic N) is 4. The molecule has 0 bridgehead atoms. The molecule has 0 atom stereocenters. The number of rotatable bonds is 6. The van der Waals surface area contributed by atoms with Gasteiger partial charge in [0.15, 0.2) is 0 Å². The summed E-state index contributed by atoms with van der Waals surface area (Å²) in [6.07, 6.45) is 3.74. The van der Waals surface area contributed by atoms with Crippen molar-refractivity contribution in [1.82, 2.24) is 14.9 Å². The van der Waals surface area contributed by atoms with Crippen LogP contribution in [-0.2, 0) is 0 Å². The molecule has 0 aliphatic carbocycles. The van der Waals surface area contributed by atoms with Crippen molar-refractivity contribution in [3.05, 3.63) is 42.2 Å². The van der Waals surface area contributed by atoms with Crippen LogP contribution in [0.25, 0.3) is 0 Å². The number of aryl methyl sites for hydroxylation is 1. The van der Waals surface area contributed by atoms with E-state index < -0.39 is 0 Å². The van der Waals surface area contributed by atoms with Gasteiger partial charge in [-0.15, -0.1) is 0 Å². The number of hydrogen-bond donors (Lipinski definition) is 0. The standard InChI is InChI=1S/C18H24N4O2/c1-15-13-19-18(20-14-15)22-8-6-21(7-9-22)10-11-24-17-5-3-4-16(12-17)23-2/h3-5,12-14H,6-11H2,1-2H3. The third-order valence-corrected chi connectivity index (χ3v) is 4.14. The molecule has 1 fully saturated rings. The first-order valence-electron chi connectivity index (χ1n) is 8.27. The lowest BCUT2D eigenvalue weighted by molar-refractivity contribution is 0.199. The number of aromatic nitrogens is 2. The third-order valence-electron chi connectivity index (χ3n) is 4.14. The predicted octanol–water partition coefficient (Wildman–Crippen LogP) is 1.99. The van der Waals surface area contributed by atoms with Gasteiger partial charge in [0.05, 0.1) is 7.11 Å². The third kappa shape index (κ3) is 4.35. The van der Waals surface area contributed by atoms with Crippen molar-refractivity contribution >= 4 is 5.95 Å². The molecule has 1 saturated heterocycles. The zero-order valence-corrected chi connectivity index (χ0v) is 14.3. The van der Waals surface area contributed by atoms with Crippen molar-refractivity contribution in [3.63, 3.8) is 0 Å². The molecule has 0 N–H and O–H groups in total. The Balaban J connectivity index is 1.41. The van der Waals surface area contributed by atoms with E-state index in [0.717, 1.165) is 55.7 Å². The van der Waals surface area contributed by atoms with E-state index in [9.17, 15) is 0 Å². The first-order valence-corrected chi connectivity index (χ1v) is 8.27. The van der Waals surface area contributed by atoms with Crippen molar-refractivity contribution in [2.24, 2.45) is 0 Å². The lowest BCUT2D eigenvalue weighted by Crippen LogP contribution is -2.48. The average molecular weight is 328 g/mol. The Morgan fingerprint density at radius 1 is 1.04 bits per heavy atom. The Kier molecular flexibility index (Phi) is 5.48. The Hall–Kier alpha value is -2.34. The minimum atomic E-state index is 0.675. The molecule has 6 nitrogen and oxygen atoms in total. The largest absolute Gasteiger partial charge is 0.497 e. The van der Waals surface area contributed by atoms with E-state index in [1.54, 1.807) is 7.11 Å². The molecule has 2 aromatic rings. The minimum Gasteiger partial charge on any atom is -0.497 e. The molecule has 1 aromatic heterocycles. The average Bonchev–Trinajstić information content (AvgIpc) is 2.63. The van der Waals surface area contributed by atoms with E-state index in [-0.39, 0.29) is 0 Å². The highest BCUT2D eigenvalue weighted by Gasteiger charge is 2.18. The van der Waals surface area contributed by atoms with E-state index in [2.05, 4.69) is 19.8 Å². The second-order valence-corrected chi connectivity index (χ2v) is 5.92. The topological polar surface area (TPSA) is 50.7 Å². The highest BCUT2D eigenvalue weighted by atomic mass is 16.5. The first-order chi connectivity index (χ1) is 11.7. The lowest BCUT2D eigenvalue weighted by atomic mass is 10.3. The van der Waals surface area contributed by atoms with Gasteiger partial charge < -0.3 is 14.4 Å². The Morgan fingerprint density at radius 3 is 2.46 bits per heavy atom. The smallest absolute Gasteiger partial charge is 0.225 e. The first kappa shape index (κ1) is 16.5. The molecule has 0 radical (unpaired) electrons. The van der Waals surface area contributed by atoms with E-state index >= 15 is 0 Å². The normalized spacial score (nSPS) is 15.3. The van der Waals surface area contributed by atoms with E-state index in [0.29, 0.717) is 6.61 Å². The van der Waals surface area contributed by atoms with Gasteiger partial charge in [0.25, 0.3) is 0 Å². The number of ether oxygens (including phenoxy) is 2. The van der Waals surface area contributed by atoms with E-state index in [1.807, 2.05) is 43.6 Å². The van der Waals surface area contributed by atoms with Crippen molar-refractivity contribution in [1.29, 1.82) is 0 Å². The summed E-state index contributed by atoms with van der Waals surface area (Å²) < 4.78 is 11.0. The highest BCUT2D eigenvalue weighted by Crippen LogP contribution is 2.18. The molecule has 0 saturated carbocycles. The van der Waals surface area contributed by atoms with Crippen LogP contribution in [0, 0.1) is 6.92 Å². The quantitative estimate of drug-likeness (QED) is 0.808. The summed E-state index contributed by atoms with van der Waals surface area (Å²) in [5, 5.41) is 0. The maximum absolute atomic E-state index is 5.82. The van der Waals surface area contributed by atoms with Gasteiger partial charge in [0.2, 0.25) is 5.95 Å². The second kappa shape index (κ2) is 7.97. The predicted molar refractivity (Wildman–Crippen MR) is 93.9 cm³/mol. The number of anilines is 1. The van der Waals surface area contributed by atoms with Gasteiger partial charge in [-0.2, -0.15) is 0 Å². The maximum atomic E-state index is 5.82. The molecule has 24 heavy (non-hydrogen) atoms. The SMILES string of the molecule is COc1cccc(OCCN2CCN(c3ncc(C)cn3)CC2)c1. The van der Waals surface area contributed by atoms with Crippen LogP contribution in [0.4, 0.5) is 5.95 Å². The van der Waals surface area contributed by atoms with Crippen LogP contribution < -0.4 is 14.4 Å². The summed E-state index contributed by atoms with van der Waals surface area (Å²) in [5.74, 6) is 2.49. The van der Waals surface area contributed by atoms with E-state index in [1.165, 1.54) is 0 Å². The van der Waals surface area contributed by atoms with Crippen molar-refractivity contribution in [2.45, 2.75) is 6.92 Å². The molecule has 1 aromatic carbocycles. The zero-order chi connectivity index (χ0) is 16.8. The number of piperazine rings is 1. The molecule has 6 heteroatoms. The fraction of sp³-hybridized carbons (Fsp3) is 0.444. The molecule has 2 heterocycles. The Bertz CT molecular complexity index is 640. The van der Waals surface area contributed by atoms with Crippen LogP contribution in [-0.4, -0.2) is 61.3 Å². The van der Waals surface area contributed by atoms with Gasteiger partial charge in [-0.1, -0.05) is 6.07 Å². The fourth-order valence-electron chi connectivity index (χ4n) is 2.70. The molecule has 1 aliphatic heterocycles. The maximum Gasteiger partial charge on any atom is 0.225 e. The van der Waals surface area contributed by atoms with Gasteiger partial charge in [-0.05, 0) is 24.6 Å². The zero-order valence-electron chi connectivity index (χ0n) is 14.3. The monoisotopic (exact) mass is 328 g/mol. The molecule has 128 valence electrons. The van der Waals surface area contributed by atoms with Crippen molar-refractivity contribution < 1.29 is 9.47 Å². The van der Waals surface area contributed by atoms with Crippen LogP contribution in [0.15, 0.2) is 36.7 Å². The molecular weight excluding hydrogens is 304 g/mol. The lowest BCUT2D eigenvalue weighted by Gasteiger charge is -2.34. The van der Waals surface area contributed by atoms with Crippen molar-refractivity contribution in [2.75, 3.05) is 51.3 Å². The van der Waals surface area contributed by atoms with Gasteiger partial charge >= 0.3 is 0 Å². The Labute approximate surface area is 143 Å². The molecule has 3 rings (SSSR count). The minimum absolute atomic E-state index is 0.675. The van der Waals surface area contributed by atoms with Crippen LogP contribution in [0.2, 0.25) is 0 Å². The van der Waals surface area contributed by atoms with Crippen LogP contribution in [0.1, 0.15) is 5.56 Å². The van der Waals surface area contributed by atoms with Crippen LogP contribution in [0.5, 0.6) is 11.5 Å². The summed E-state index contributed by atoms with van der Waals surface area (Å²) >= 11 is 0.